The summed E-state index contributed by atoms with van der Waals surface area (Å²) in [5.41, 5.74) is 0.976. The molecule has 0 radical (unpaired) electrons. The van der Waals surface area contributed by atoms with E-state index in [-0.39, 0.29) is 29.9 Å². The molecular formula is C20H31N3O2. The number of likely N-dealkylation sites (tertiary alicyclic amines) is 1. The fourth-order valence-corrected chi connectivity index (χ4v) is 3.50. The van der Waals surface area contributed by atoms with Crippen molar-refractivity contribution in [1.29, 1.82) is 0 Å². The van der Waals surface area contributed by atoms with Gasteiger partial charge in [0.2, 0.25) is 11.8 Å². The zero-order chi connectivity index (χ0) is 18.4. The molecule has 2 amide bonds. The molecule has 1 aromatic carbocycles. The van der Waals surface area contributed by atoms with Crippen LogP contribution in [0.15, 0.2) is 30.3 Å². The fourth-order valence-electron chi connectivity index (χ4n) is 3.50. The Balaban J connectivity index is 2.15. The minimum absolute atomic E-state index is 0.00468. The summed E-state index contributed by atoms with van der Waals surface area (Å²) in [6.45, 7) is 9.23. The van der Waals surface area contributed by atoms with Gasteiger partial charge in [-0.3, -0.25) is 14.9 Å². The van der Waals surface area contributed by atoms with Crippen molar-refractivity contribution in [3.05, 3.63) is 35.9 Å². The second-order valence-electron chi connectivity index (χ2n) is 7.20. The van der Waals surface area contributed by atoms with E-state index in [2.05, 4.69) is 17.6 Å². The minimum atomic E-state index is -0.369. The maximum Gasteiger partial charge on any atom is 0.241 e. The first-order valence-corrected chi connectivity index (χ1v) is 9.29. The van der Waals surface area contributed by atoms with Crippen LogP contribution in [0.2, 0.25) is 0 Å². The first kappa shape index (κ1) is 19.4. The summed E-state index contributed by atoms with van der Waals surface area (Å²) in [7, 11) is 0. The molecule has 0 spiro atoms. The second-order valence-corrected chi connectivity index (χ2v) is 7.20. The van der Waals surface area contributed by atoms with Crippen molar-refractivity contribution in [2.24, 2.45) is 5.92 Å². The number of benzene rings is 1. The zero-order valence-corrected chi connectivity index (χ0v) is 15.8. The lowest BCUT2D eigenvalue weighted by atomic mass is 9.88. The molecular weight excluding hydrogens is 314 g/mol. The van der Waals surface area contributed by atoms with Crippen LogP contribution in [0.1, 0.15) is 52.1 Å². The first-order chi connectivity index (χ1) is 11.9. The van der Waals surface area contributed by atoms with Gasteiger partial charge in [-0.15, -0.1) is 0 Å². The van der Waals surface area contributed by atoms with E-state index in [1.807, 2.05) is 49.1 Å². The van der Waals surface area contributed by atoms with Crippen LogP contribution in [0.5, 0.6) is 0 Å². The molecule has 0 aromatic heterocycles. The average molecular weight is 345 g/mol. The van der Waals surface area contributed by atoms with Crippen molar-refractivity contribution in [2.75, 3.05) is 13.1 Å². The second kappa shape index (κ2) is 8.99. The number of nitrogens with one attached hydrogen (secondary N) is 2. The molecule has 0 saturated carbocycles. The summed E-state index contributed by atoms with van der Waals surface area (Å²) in [5, 5.41) is 6.61. The Morgan fingerprint density at radius 1 is 1.24 bits per heavy atom. The Morgan fingerprint density at radius 2 is 1.92 bits per heavy atom. The van der Waals surface area contributed by atoms with Crippen molar-refractivity contribution >= 4 is 11.8 Å². The summed E-state index contributed by atoms with van der Waals surface area (Å²) in [5.74, 6) is 0.495. The van der Waals surface area contributed by atoms with Gasteiger partial charge in [0.15, 0.2) is 0 Å². The summed E-state index contributed by atoms with van der Waals surface area (Å²) in [4.78, 5) is 26.4. The summed E-state index contributed by atoms with van der Waals surface area (Å²) in [6.07, 6.45) is 1.85. The van der Waals surface area contributed by atoms with Gasteiger partial charge in [-0.2, -0.15) is 0 Å². The maximum absolute atomic E-state index is 12.8. The highest BCUT2D eigenvalue weighted by Crippen LogP contribution is 2.24. The standard InChI is InChI=1S/C20H31N3O2/c1-5-16-13-23(15(4)24)12-11-18(16)22-19(20(25)21-14(2)3)17-9-7-6-8-10-17/h6-10,14,16,18-19,22H,5,11-13H2,1-4H3,(H,21,25)/t16-,18+,19+/m1/s1. The molecule has 1 saturated heterocycles. The third-order valence-electron chi connectivity index (χ3n) is 4.91. The van der Waals surface area contributed by atoms with Crippen LogP contribution in [0, 0.1) is 5.92 Å². The molecule has 1 aliphatic rings. The number of hydrogen-bond donors (Lipinski definition) is 2. The van der Waals surface area contributed by atoms with Crippen molar-refractivity contribution in [3.63, 3.8) is 0 Å². The van der Waals surface area contributed by atoms with Crippen LogP contribution in [0.4, 0.5) is 0 Å². The Hall–Kier alpha value is -1.88. The number of nitrogens with zero attached hydrogens (tertiary/aromatic N) is 1. The molecule has 5 heteroatoms. The number of rotatable bonds is 6. The molecule has 3 atom stereocenters. The normalized spacial score (nSPS) is 21.9. The van der Waals surface area contributed by atoms with E-state index in [1.165, 1.54) is 0 Å². The third-order valence-corrected chi connectivity index (χ3v) is 4.91. The number of hydrogen-bond acceptors (Lipinski definition) is 3. The third kappa shape index (κ3) is 5.30. The topological polar surface area (TPSA) is 61.4 Å². The summed E-state index contributed by atoms with van der Waals surface area (Å²) < 4.78 is 0. The van der Waals surface area contributed by atoms with Gasteiger partial charge in [0.25, 0.3) is 0 Å². The number of amides is 2. The molecule has 2 rings (SSSR count). The van der Waals surface area contributed by atoms with Gasteiger partial charge in [-0.05, 0) is 31.7 Å². The van der Waals surface area contributed by atoms with Crippen molar-refractivity contribution in [3.8, 4) is 0 Å². The van der Waals surface area contributed by atoms with E-state index < -0.39 is 0 Å². The quantitative estimate of drug-likeness (QED) is 0.833. The maximum atomic E-state index is 12.8. The lowest BCUT2D eigenvalue weighted by Crippen LogP contribution is -2.53. The Bertz CT molecular complexity index is 574. The minimum Gasteiger partial charge on any atom is -0.352 e. The van der Waals surface area contributed by atoms with E-state index in [4.69, 9.17) is 0 Å². The molecule has 1 aliphatic heterocycles. The molecule has 0 bridgehead atoms. The van der Waals surface area contributed by atoms with Gasteiger partial charge in [0, 0.05) is 32.1 Å². The van der Waals surface area contributed by atoms with Crippen LogP contribution < -0.4 is 10.6 Å². The van der Waals surface area contributed by atoms with Crippen LogP contribution in [0.25, 0.3) is 0 Å². The van der Waals surface area contributed by atoms with Crippen molar-refractivity contribution in [2.45, 2.75) is 58.7 Å². The van der Waals surface area contributed by atoms with Crippen LogP contribution >= 0.6 is 0 Å². The summed E-state index contributed by atoms with van der Waals surface area (Å²) in [6, 6.07) is 9.82. The Morgan fingerprint density at radius 3 is 2.48 bits per heavy atom. The highest BCUT2D eigenvalue weighted by Gasteiger charge is 2.32. The predicted molar refractivity (Wildman–Crippen MR) is 100 cm³/mol. The van der Waals surface area contributed by atoms with Crippen LogP contribution in [-0.4, -0.2) is 41.9 Å². The Labute approximate surface area is 151 Å². The number of carbonyl (C=O) groups excluding carboxylic acids is 2. The highest BCUT2D eigenvalue weighted by molar-refractivity contribution is 5.83. The van der Waals surface area contributed by atoms with Gasteiger partial charge in [0.05, 0.1) is 0 Å². The molecule has 25 heavy (non-hydrogen) atoms. The largest absolute Gasteiger partial charge is 0.352 e. The highest BCUT2D eigenvalue weighted by atomic mass is 16.2. The molecule has 0 unspecified atom stereocenters. The van der Waals surface area contributed by atoms with Gasteiger partial charge >= 0.3 is 0 Å². The van der Waals surface area contributed by atoms with E-state index in [1.54, 1.807) is 6.92 Å². The van der Waals surface area contributed by atoms with Gasteiger partial charge in [0.1, 0.15) is 6.04 Å². The lowest BCUT2D eigenvalue weighted by molar-refractivity contribution is -0.131. The Kier molecular flexibility index (Phi) is 7.00. The van der Waals surface area contributed by atoms with Gasteiger partial charge in [-0.1, -0.05) is 43.7 Å². The van der Waals surface area contributed by atoms with Crippen LogP contribution in [-0.2, 0) is 9.59 Å². The van der Waals surface area contributed by atoms with Gasteiger partial charge in [-0.25, -0.2) is 0 Å². The SMILES string of the molecule is CC[C@@H]1CN(C(C)=O)CC[C@@H]1N[C@H](C(=O)NC(C)C)c1ccccc1. The molecule has 0 aliphatic carbocycles. The summed E-state index contributed by atoms with van der Waals surface area (Å²) >= 11 is 0. The molecule has 5 nitrogen and oxygen atoms in total. The van der Waals surface area contributed by atoms with Crippen molar-refractivity contribution < 1.29 is 9.59 Å². The van der Waals surface area contributed by atoms with E-state index in [0.717, 1.165) is 31.5 Å². The smallest absolute Gasteiger partial charge is 0.241 e. The monoisotopic (exact) mass is 345 g/mol. The molecule has 2 N–H and O–H groups in total. The number of piperidine rings is 1. The van der Waals surface area contributed by atoms with Crippen LogP contribution in [0.3, 0.4) is 0 Å². The van der Waals surface area contributed by atoms with Gasteiger partial charge < -0.3 is 10.2 Å². The van der Waals surface area contributed by atoms with Crippen molar-refractivity contribution in [1.82, 2.24) is 15.5 Å². The van der Waals surface area contributed by atoms with E-state index in [9.17, 15) is 9.59 Å². The molecule has 1 heterocycles. The number of carbonyl (C=O) groups is 2. The molecule has 1 fully saturated rings. The average Bonchev–Trinajstić information content (AvgIpc) is 2.59. The zero-order valence-electron chi connectivity index (χ0n) is 15.8. The molecule has 1 aromatic rings. The lowest BCUT2D eigenvalue weighted by Gasteiger charge is -2.40. The van der Waals surface area contributed by atoms with E-state index >= 15 is 0 Å². The van der Waals surface area contributed by atoms with E-state index in [0.29, 0.717) is 5.92 Å². The molecule has 138 valence electrons. The predicted octanol–water partition coefficient (Wildman–Crippen LogP) is 2.49. The fraction of sp³-hybridized carbons (Fsp3) is 0.600. The first-order valence-electron chi connectivity index (χ1n) is 9.29.